The summed E-state index contributed by atoms with van der Waals surface area (Å²) in [6.07, 6.45) is 0.699. The molecule has 0 unspecified atom stereocenters. The quantitative estimate of drug-likeness (QED) is 0.600. The van der Waals surface area contributed by atoms with Crippen molar-refractivity contribution in [3.63, 3.8) is 0 Å². The zero-order valence-electron chi connectivity index (χ0n) is 9.60. The standard InChI is InChI=1S/C9H16N4O2S/c1-9(2,3)4-6-11-12-8(13(6)10)16-5-7(14)15/h4-5,10H2,1-3H3,(H,14,15). The zero-order chi connectivity index (χ0) is 12.3. The van der Waals surface area contributed by atoms with Crippen molar-refractivity contribution in [2.45, 2.75) is 32.3 Å². The van der Waals surface area contributed by atoms with E-state index >= 15 is 0 Å². The van der Waals surface area contributed by atoms with E-state index in [9.17, 15) is 4.79 Å². The highest BCUT2D eigenvalue weighted by molar-refractivity contribution is 7.99. The molecule has 0 amide bonds. The predicted octanol–water partition coefficient (Wildman–Crippen LogP) is 0.757. The molecule has 0 aliphatic rings. The van der Waals surface area contributed by atoms with Gasteiger partial charge in [0.25, 0.3) is 0 Å². The minimum absolute atomic E-state index is 0.0646. The number of nitrogen functional groups attached to an aromatic ring is 1. The molecular formula is C9H16N4O2S. The molecule has 0 atom stereocenters. The number of carbonyl (C=O) groups is 1. The smallest absolute Gasteiger partial charge is 0.313 e. The summed E-state index contributed by atoms with van der Waals surface area (Å²) in [6, 6.07) is 0. The van der Waals surface area contributed by atoms with Crippen LogP contribution < -0.4 is 5.84 Å². The van der Waals surface area contributed by atoms with Gasteiger partial charge in [-0.25, -0.2) is 4.68 Å². The Bertz CT molecular complexity index is 383. The van der Waals surface area contributed by atoms with Crippen molar-refractivity contribution in [2.24, 2.45) is 5.41 Å². The Balaban J connectivity index is 2.72. The average molecular weight is 244 g/mol. The van der Waals surface area contributed by atoms with E-state index in [0.29, 0.717) is 17.4 Å². The van der Waals surface area contributed by atoms with E-state index in [1.54, 1.807) is 0 Å². The monoisotopic (exact) mass is 244 g/mol. The Hall–Kier alpha value is -1.24. The Morgan fingerprint density at radius 3 is 2.62 bits per heavy atom. The summed E-state index contributed by atoms with van der Waals surface area (Å²) in [5, 5.41) is 16.8. The molecule has 90 valence electrons. The van der Waals surface area contributed by atoms with Gasteiger partial charge in [-0.05, 0) is 5.41 Å². The second-order valence-electron chi connectivity index (χ2n) is 4.69. The van der Waals surface area contributed by atoms with Crippen LogP contribution >= 0.6 is 11.8 Å². The van der Waals surface area contributed by atoms with Crippen molar-refractivity contribution < 1.29 is 9.90 Å². The van der Waals surface area contributed by atoms with E-state index in [1.165, 1.54) is 4.68 Å². The van der Waals surface area contributed by atoms with Gasteiger partial charge < -0.3 is 10.9 Å². The predicted molar refractivity (Wildman–Crippen MR) is 61.7 cm³/mol. The molecule has 0 aliphatic carbocycles. The van der Waals surface area contributed by atoms with E-state index in [1.807, 2.05) is 0 Å². The summed E-state index contributed by atoms with van der Waals surface area (Å²) in [7, 11) is 0. The van der Waals surface area contributed by atoms with Crippen molar-refractivity contribution in [3.8, 4) is 0 Å². The molecule has 6 nitrogen and oxygen atoms in total. The van der Waals surface area contributed by atoms with Crippen LogP contribution in [0.5, 0.6) is 0 Å². The van der Waals surface area contributed by atoms with Crippen LogP contribution in [0.15, 0.2) is 5.16 Å². The Morgan fingerprint density at radius 1 is 1.50 bits per heavy atom. The van der Waals surface area contributed by atoms with Crippen LogP contribution in [0.1, 0.15) is 26.6 Å². The third kappa shape index (κ3) is 3.73. The molecule has 0 aliphatic heterocycles. The first-order valence-corrected chi connectivity index (χ1v) is 5.82. The second-order valence-corrected chi connectivity index (χ2v) is 5.63. The largest absolute Gasteiger partial charge is 0.481 e. The van der Waals surface area contributed by atoms with Crippen LogP contribution in [0.25, 0.3) is 0 Å². The highest BCUT2D eigenvalue weighted by Gasteiger charge is 2.18. The van der Waals surface area contributed by atoms with Crippen LogP contribution in [-0.2, 0) is 11.2 Å². The first kappa shape index (κ1) is 12.8. The number of hydrogen-bond acceptors (Lipinski definition) is 5. The van der Waals surface area contributed by atoms with Gasteiger partial charge in [0.2, 0.25) is 5.16 Å². The van der Waals surface area contributed by atoms with Crippen molar-refractivity contribution in [1.82, 2.24) is 14.9 Å². The highest BCUT2D eigenvalue weighted by atomic mass is 32.2. The van der Waals surface area contributed by atoms with Gasteiger partial charge in [-0.15, -0.1) is 10.2 Å². The molecule has 1 rings (SSSR count). The molecule has 0 bridgehead atoms. The Kier molecular flexibility index (Phi) is 3.79. The van der Waals surface area contributed by atoms with Crippen LogP contribution in [0.2, 0.25) is 0 Å². The topological polar surface area (TPSA) is 94.0 Å². The molecule has 0 saturated carbocycles. The van der Waals surface area contributed by atoms with Crippen LogP contribution in [0.3, 0.4) is 0 Å². The zero-order valence-corrected chi connectivity index (χ0v) is 10.4. The number of nitrogens with two attached hydrogens (primary N) is 1. The number of carboxylic acid groups (broad SMARTS) is 1. The lowest BCUT2D eigenvalue weighted by atomic mass is 9.92. The molecule has 1 aromatic heterocycles. The van der Waals surface area contributed by atoms with Crippen molar-refractivity contribution in [3.05, 3.63) is 5.82 Å². The van der Waals surface area contributed by atoms with Gasteiger partial charge in [-0.2, -0.15) is 0 Å². The average Bonchev–Trinajstić information content (AvgIpc) is 2.43. The molecule has 16 heavy (non-hydrogen) atoms. The van der Waals surface area contributed by atoms with Crippen LogP contribution in [0.4, 0.5) is 0 Å². The lowest BCUT2D eigenvalue weighted by molar-refractivity contribution is -0.133. The summed E-state index contributed by atoms with van der Waals surface area (Å²) in [4.78, 5) is 10.4. The van der Waals surface area contributed by atoms with Crippen molar-refractivity contribution in [2.75, 3.05) is 11.6 Å². The van der Waals surface area contributed by atoms with Gasteiger partial charge in [-0.3, -0.25) is 4.79 Å². The fourth-order valence-corrected chi connectivity index (χ4v) is 1.72. The normalized spacial score (nSPS) is 11.7. The van der Waals surface area contributed by atoms with Gasteiger partial charge in [-0.1, -0.05) is 32.5 Å². The number of aromatic nitrogens is 3. The van der Waals surface area contributed by atoms with Gasteiger partial charge >= 0.3 is 5.97 Å². The first-order valence-electron chi connectivity index (χ1n) is 4.83. The maximum absolute atomic E-state index is 10.4. The van der Waals surface area contributed by atoms with E-state index < -0.39 is 5.97 Å². The van der Waals surface area contributed by atoms with Crippen LogP contribution in [-0.4, -0.2) is 31.7 Å². The number of carboxylic acids is 1. The maximum atomic E-state index is 10.4. The lowest BCUT2D eigenvalue weighted by Crippen LogP contribution is -2.19. The van der Waals surface area contributed by atoms with Crippen molar-refractivity contribution in [1.29, 1.82) is 0 Å². The minimum atomic E-state index is -0.898. The van der Waals surface area contributed by atoms with E-state index in [-0.39, 0.29) is 11.2 Å². The Labute approximate surface area is 98.2 Å². The van der Waals surface area contributed by atoms with E-state index in [4.69, 9.17) is 10.9 Å². The molecular weight excluding hydrogens is 228 g/mol. The van der Waals surface area contributed by atoms with E-state index in [2.05, 4.69) is 31.0 Å². The number of nitrogens with zero attached hydrogens (tertiary/aromatic N) is 3. The van der Waals surface area contributed by atoms with Gasteiger partial charge in [0.1, 0.15) is 0 Å². The molecule has 0 radical (unpaired) electrons. The summed E-state index contributed by atoms with van der Waals surface area (Å²) in [5.74, 6) is 5.48. The highest BCUT2D eigenvalue weighted by Crippen LogP contribution is 2.21. The lowest BCUT2D eigenvalue weighted by Gasteiger charge is -2.16. The summed E-state index contributed by atoms with van der Waals surface area (Å²) in [5.41, 5.74) is 0.0683. The molecule has 1 aromatic rings. The molecule has 1 heterocycles. The number of aliphatic carboxylic acids is 1. The minimum Gasteiger partial charge on any atom is -0.481 e. The van der Waals surface area contributed by atoms with E-state index in [0.717, 1.165) is 11.8 Å². The molecule has 7 heteroatoms. The fourth-order valence-electron chi connectivity index (χ4n) is 1.13. The first-order chi connectivity index (χ1) is 7.29. The SMILES string of the molecule is CC(C)(C)Cc1nnc(SCC(=O)O)n1N. The number of thioether (sulfide) groups is 1. The molecule has 0 fully saturated rings. The van der Waals surface area contributed by atoms with Gasteiger partial charge in [0.05, 0.1) is 5.75 Å². The van der Waals surface area contributed by atoms with Crippen molar-refractivity contribution >= 4 is 17.7 Å². The molecule has 0 spiro atoms. The molecule has 3 N–H and O–H groups in total. The summed E-state index contributed by atoms with van der Waals surface area (Å²) < 4.78 is 1.36. The third-order valence-electron chi connectivity index (χ3n) is 1.75. The third-order valence-corrected chi connectivity index (χ3v) is 2.68. The van der Waals surface area contributed by atoms with Gasteiger partial charge in [0, 0.05) is 6.42 Å². The second kappa shape index (κ2) is 4.73. The van der Waals surface area contributed by atoms with Crippen LogP contribution in [0, 0.1) is 5.41 Å². The Morgan fingerprint density at radius 2 is 2.12 bits per heavy atom. The molecule has 0 aromatic carbocycles. The summed E-state index contributed by atoms with van der Waals surface area (Å²) in [6.45, 7) is 6.23. The maximum Gasteiger partial charge on any atom is 0.313 e. The fraction of sp³-hybridized carbons (Fsp3) is 0.667. The summed E-state index contributed by atoms with van der Waals surface area (Å²) >= 11 is 1.07. The number of hydrogen-bond donors (Lipinski definition) is 2. The molecule has 0 saturated heterocycles. The number of rotatable bonds is 4. The van der Waals surface area contributed by atoms with Gasteiger partial charge in [0.15, 0.2) is 5.82 Å².